The number of hydrogen-bond donors (Lipinski definition) is 1. The van der Waals surface area contributed by atoms with Crippen LogP contribution in [0.4, 0.5) is 0 Å². The van der Waals surface area contributed by atoms with Crippen molar-refractivity contribution < 1.29 is 38.3 Å². The predicted octanol–water partition coefficient (Wildman–Crippen LogP) is 11.8. The summed E-state index contributed by atoms with van der Waals surface area (Å²) in [5.41, 5.74) is -1.57. The van der Waals surface area contributed by atoms with E-state index in [1.807, 2.05) is 62.3 Å². The van der Waals surface area contributed by atoms with Crippen LogP contribution in [-0.4, -0.2) is 93.6 Å². The summed E-state index contributed by atoms with van der Waals surface area (Å²) in [7, 11) is 0. The Morgan fingerprint density at radius 3 is 0.809 bits per heavy atom. The van der Waals surface area contributed by atoms with Gasteiger partial charge in [-0.2, -0.15) is 0 Å². The van der Waals surface area contributed by atoms with Gasteiger partial charge in [-0.15, -0.1) is 0 Å². The minimum absolute atomic E-state index is 0. The largest absolute Gasteiger partial charge is 0.501 e. The van der Waals surface area contributed by atoms with Gasteiger partial charge in [-0.3, -0.25) is 0 Å². The SMILES string of the molecule is C.C.C.C.C.C.C.C.C.C.C=COCC(COCCOC(C)(C)C)(COCCOC(C)(C)C)COCCOC(C)(C)C.CC(C)(C)O. The maximum absolute atomic E-state index is 8.52. The highest BCUT2D eigenvalue weighted by Crippen LogP contribution is 2.21. The van der Waals surface area contributed by atoms with Gasteiger partial charge >= 0.3 is 0 Å². The van der Waals surface area contributed by atoms with Crippen molar-refractivity contribution in [1.82, 2.24) is 0 Å². The highest BCUT2D eigenvalue weighted by Gasteiger charge is 2.33. The molecule has 0 radical (unpaired) electrons. The van der Waals surface area contributed by atoms with Gasteiger partial charge in [0.2, 0.25) is 0 Å². The molecule has 0 saturated heterocycles. The quantitative estimate of drug-likeness (QED) is 0.112. The van der Waals surface area contributed by atoms with Crippen LogP contribution in [0.3, 0.4) is 0 Å². The van der Waals surface area contributed by atoms with Crippen molar-refractivity contribution in [1.29, 1.82) is 0 Å². The Labute approximate surface area is 302 Å². The van der Waals surface area contributed by atoms with E-state index in [-0.39, 0.29) is 91.1 Å². The maximum Gasteiger partial charge on any atom is 0.0995 e. The molecule has 0 aliphatic rings. The van der Waals surface area contributed by atoms with Crippen molar-refractivity contribution in [2.24, 2.45) is 5.41 Å². The van der Waals surface area contributed by atoms with Crippen LogP contribution in [0, 0.1) is 5.41 Å². The first kappa shape index (κ1) is 80.7. The topological polar surface area (TPSA) is 84.8 Å². The van der Waals surface area contributed by atoms with Crippen LogP contribution in [0.1, 0.15) is 157 Å². The van der Waals surface area contributed by atoms with Crippen LogP contribution >= 0.6 is 0 Å². The van der Waals surface area contributed by atoms with E-state index in [1.165, 1.54) is 6.26 Å². The summed E-state index contributed by atoms with van der Waals surface area (Å²) in [6, 6.07) is 0. The van der Waals surface area contributed by atoms with Crippen LogP contribution in [0.25, 0.3) is 0 Å². The average Bonchev–Trinajstić information content (AvgIpc) is 2.67. The molecule has 0 unspecified atom stereocenters. The molecule has 8 nitrogen and oxygen atoms in total. The zero-order valence-electron chi connectivity index (χ0n) is 26.2. The van der Waals surface area contributed by atoms with Gasteiger partial charge in [-0.25, -0.2) is 0 Å². The summed E-state index contributed by atoms with van der Waals surface area (Å²) in [5.74, 6) is 0. The lowest BCUT2D eigenvalue weighted by molar-refractivity contribution is -0.121. The second kappa shape index (κ2) is 39.7. The molecule has 0 bridgehead atoms. The molecule has 1 N–H and O–H groups in total. The zero-order valence-corrected chi connectivity index (χ0v) is 26.2. The molecule has 0 aromatic heterocycles. The van der Waals surface area contributed by atoms with Crippen molar-refractivity contribution in [2.75, 3.05) is 66.1 Å². The zero-order chi connectivity index (χ0) is 29.2. The monoisotopic (exact) mass is 697 g/mol. The molecule has 0 amide bonds. The molecular formula is C39H100O8. The first-order valence-electron chi connectivity index (χ1n) is 13.3. The molecule has 0 fully saturated rings. The number of aliphatic hydroxyl groups is 1. The number of ether oxygens (including phenoxy) is 7. The smallest absolute Gasteiger partial charge is 0.0995 e. The van der Waals surface area contributed by atoms with E-state index >= 15 is 0 Å². The van der Waals surface area contributed by atoms with Crippen molar-refractivity contribution in [3.05, 3.63) is 12.8 Å². The molecule has 0 saturated carbocycles. The van der Waals surface area contributed by atoms with E-state index in [9.17, 15) is 0 Å². The van der Waals surface area contributed by atoms with Crippen LogP contribution in [0.5, 0.6) is 0 Å². The first-order valence-corrected chi connectivity index (χ1v) is 13.3. The minimum atomic E-state index is -0.500. The first-order chi connectivity index (χ1) is 16.7. The van der Waals surface area contributed by atoms with Gasteiger partial charge < -0.3 is 38.3 Å². The Bertz CT molecular complexity index is 487. The van der Waals surface area contributed by atoms with Gasteiger partial charge in [0.15, 0.2) is 0 Å². The fraction of sp³-hybridized carbons (Fsp3) is 0.949. The molecule has 304 valence electrons. The van der Waals surface area contributed by atoms with E-state index < -0.39 is 11.0 Å². The van der Waals surface area contributed by atoms with E-state index in [2.05, 4.69) is 6.58 Å². The highest BCUT2D eigenvalue weighted by atomic mass is 16.6. The molecule has 0 aliphatic carbocycles. The fourth-order valence-corrected chi connectivity index (χ4v) is 2.57. The standard InChI is InChI=1S/C25H50O7.C4H10O.10CH4/c1-11-26-18-25(19-27-12-15-30-22(2,3)4,20-28-13-16-31-23(5,6)7)21-29-14-17-32-24(8,9)10;1-4(2,3)5;;;;;;;;;;/h11H,1,12-21H2,2-10H3;5H,1-3H3;10*1H4. The summed E-state index contributed by atoms with van der Waals surface area (Å²) in [6.45, 7) is 31.7. The summed E-state index contributed by atoms with van der Waals surface area (Å²) in [4.78, 5) is 0. The van der Waals surface area contributed by atoms with E-state index in [4.69, 9.17) is 38.3 Å². The molecular weight excluding hydrogens is 596 g/mol. The average molecular weight is 697 g/mol. The molecule has 8 heteroatoms. The van der Waals surface area contributed by atoms with Crippen LogP contribution in [0.15, 0.2) is 12.8 Å². The second-order valence-electron chi connectivity index (χ2n) is 13.2. The Morgan fingerprint density at radius 1 is 0.426 bits per heavy atom. The summed E-state index contributed by atoms with van der Waals surface area (Å²) >= 11 is 0. The van der Waals surface area contributed by atoms with Gasteiger partial charge in [0, 0.05) is 0 Å². The molecule has 0 atom stereocenters. The molecule has 0 heterocycles. The fourth-order valence-electron chi connectivity index (χ4n) is 2.57. The van der Waals surface area contributed by atoms with Gasteiger partial charge in [0.25, 0.3) is 0 Å². The summed E-state index contributed by atoms with van der Waals surface area (Å²) in [5, 5.41) is 8.52. The van der Waals surface area contributed by atoms with E-state index in [0.717, 1.165) is 0 Å². The predicted molar refractivity (Wildman–Crippen MR) is 217 cm³/mol. The Hall–Kier alpha value is -0.740. The third kappa shape index (κ3) is 72.2. The van der Waals surface area contributed by atoms with Gasteiger partial charge in [-0.1, -0.05) is 80.8 Å². The van der Waals surface area contributed by atoms with Gasteiger partial charge in [-0.05, 0) is 83.1 Å². The number of rotatable bonds is 18. The normalized spacial score (nSPS) is 10.4. The maximum atomic E-state index is 8.52. The Balaban J connectivity index is -0.0000000757. The molecule has 47 heavy (non-hydrogen) atoms. The van der Waals surface area contributed by atoms with Crippen LogP contribution in [0.2, 0.25) is 0 Å². The lowest BCUT2D eigenvalue weighted by Gasteiger charge is -2.33. The third-order valence-electron chi connectivity index (χ3n) is 4.02. The van der Waals surface area contributed by atoms with Crippen molar-refractivity contribution in [2.45, 2.75) is 180 Å². The summed E-state index contributed by atoms with van der Waals surface area (Å²) in [6.07, 6.45) is 1.43. The molecule has 0 spiro atoms. The Morgan fingerprint density at radius 2 is 0.638 bits per heavy atom. The summed E-state index contributed by atoms with van der Waals surface area (Å²) < 4.78 is 40.7. The Kier molecular flexibility index (Phi) is 68.2. The van der Waals surface area contributed by atoms with Gasteiger partial charge in [0.1, 0.15) is 0 Å². The lowest BCUT2D eigenvalue weighted by atomic mass is 9.92. The molecule has 0 rings (SSSR count). The molecule has 0 aliphatic heterocycles. The molecule has 0 aromatic carbocycles. The lowest BCUT2D eigenvalue weighted by Crippen LogP contribution is -2.42. The van der Waals surface area contributed by atoms with Crippen molar-refractivity contribution >= 4 is 0 Å². The van der Waals surface area contributed by atoms with Crippen molar-refractivity contribution in [3.63, 3.8) is 0 Å². The molecule has 0 aromatic rings. The minimum Gasteiger partial charge on any atom is -0.501 e. The second-order valence-corrected chi connectivity index (χ2v) is 13.2. The van der Waals surface area contributed by atoms with Crippen LogP contribution < -0.4 is 0 Å². The van der Waals surface area contributed by atoms with Gasteiger partial charge in [0.05, 0.1) is 100 Å². The number of hydrogen-bond acceptors (Lipinski definition) is 8. The highest BCUT2D eigenvalue weighted by molar-refractivity contribution is 4.80. The van der Waals surface area contributed by atoms with Crippen LogP contribution in [-0.2, 0) is 33.2 Å². The van der Waals surface area contributed by atoms with E-state index in [0.29, 0.717) is 66.1 Å². The third-order valence-corrected chi connectivity index (χ3v) is 4.02. The van der Waals surface area contributed by atoms with E-state index in [1.54, 1.807) is 20.8 Å². The van der Waals surface area contributed by atoms with Crippen molar-refractivity contribution in [3.8, 4) is 0 Å².